The standard InChI is InChI=1S/C12H22O11/c13-1-3-5(15)6(16)9(19)12(22-3)23-10-4(2-14)21-11(20)8(18)7(10)17/h3-20H,1-2H2/t3?,4?,5-,6?,7+,8?,9+,10+,11+,12+/m0/s1. The van der Waals surface area contributed by atoms with Crippen LogP contribution in [-0.2, 0) is 14.2 Å². The molecule has 0 aromatic rings. The maximum absolute atomic E-state index is 9.94. The predicted molar refractivity (Wildman–Crippen MR) is 68.6 cm³/mol. The molecule has 11 heteroatoms. The smallest absolute Gasteiger partial charge is 0.187 e. The Morgan fingerprint density at radius 1 is 0.652 bits per heavy atom. The van der Waals surface area contributed by atoms with Crippen LogP contribution in [-0.4, -0.2) is 115 Å². The fourth-order valence-electron chi connectivity index (χ4n) is 2.57. The second-order valence-corrected chi connectivity index (χ2v) is 5.53. The van der Waals surface area contributed by atoms with Gasteiger partial charge < -0.3 is 55.1 Å². The van der Waals surface area contributed by atoms with Gasteiger partial charge in [0.15, 0.2) is 12.6 Å². The summed E-state index contributed by atoms with van der Waals surface area (Å²) in [4.78, 5) is 0. The molecule has 0 spiro atoms. The molecule has 2 saturated heterocycles. The zero-order valence-electron chi connectivity index (χ0n) is 12.0. The number of hydrogen-bond donors (Lipinski definition) is 8. The summed E-state index contributed by atoms with van der Waals surface area (Å²) in [5, 5.41) is 76.5. The lowest BCUT2D eigenvalue weighted by atomic mass is 9.97. The summed E-state index contributed by atoms with van der Waals surface area (Å²) in [6.07, 6.45) is -15.6. The maximum Gasteiger partial charge on any atom is 0.187 e. The summed E-state index contributed by atoms with van der Waals surface area (Å²) in [6, 6.07) is 0. The van der Waals surface area contributed by atoms with Crippen LogP contribution in [0.4, 0.5) is 0 Å². The summed E-state index contributed by atoms with van der Waals surface area (Å²) >= 11 is 0. The van der Waals surface area contributed by atoms with E-state index in [2.05, 4.69) is 0 Å². The van der Waals surface area contributed by atoms with E-state index in [0.29, 0.717) is 0 Å². The summed E-state index contributed by atoms with van der Waals surface area (Å²) in [6.45, 7) is -1.35. The molecular formula is C12H22O11. The van der Waals surface area contributed by atoms with Crippen molar-refractivity contribution in [3.8, 4) is 0 Å². The number of rotatable bonds is 4. The quantitative estimate of drug-likeness (QED) is 0.243. The minimum Gasteiger partial charge on any atom is -0.394 e. The van der Waals surface area contributed by atoms with Gasteiger partial charge in [0.05, 0.1) is 13.2 Å². The van der Waals surface area contributed by atoms with E-state index in [9.17, 15) is 35.7 Å². The molecule has 2 heterocycles. The molecule has 0 aromatic heterocycles. The molecule has 0 radical (unpaired) electrons. The molecule has 10 atom stereocenters. The molecular weight excluding hydrogens is 320 g/mol. The summed E-state index contributed by atoms with van der Waals surface area (Å²) in [7, 11) is 0. The Balaban J connectivity index is 2.11. The normalized spacial score (nSPS) is 51.7. The first-order chi connectivity index (χ1) is 10.8. The Morgan fingerprint density at radius 2 is 1.26 bits per heavy atom. The van der Waals surface area contributed by atoms with Crippen molar-refractivity contribution < 1.29 is 55.1 Å². The number of aliphatic hydroxyl groups excluding tert-OH is 8. The molecule has 2 aliphatic heterocycles. The number of aliphatic hydroxyl groups is 8. The van der Waals surface area contributed by atoms with Crippen molar-refractivity contribution in [3.05, 3.63) is 0 Å². The fourth-order valence-corrected chi connectivity index (χ4v) is 2.57. The zero-order chi connectivity index (χ0) is 17.3. The Bertz CT molecular complexity index is 378. The average molecular weight is 342 g/mol. The van der Waals surface area contributed by atoms with Gasteiger partial charge in [-0.3, -0.25) is 0 Å². The van der Waals surface area contributed by atoms with E-state index in [-0.39, 0.29) is 0 Å². The van der Waals surface area contributed by atoms with E-state index in [1.165, 1.54) is 0 Å². The highest BCUT2D eigenvalue weighted by Crippen LogP contribution is 2.28. The molecule has 23 heavy (non-hydrogen) atoms. The Hall–Kier alpha value is -0.440. The van der Waals surface area contributed by atoms with Gasteiger partial charge in [0, 0.05) is 0 Å². The molecule has 8 N–H and O–H groups in total. The second-order valence-electron chi connectivity index (χ2n) is 5.53. The van der Waals surface area contributed by atoms with Gasteiger partial charge in [0.25, 0.3) is 0 Å². The van der Waals surface area contributed by atoms with E-state index in [4.69, 9.17) is 19.3 Å². The van der Waals surface area contributed by atoms with Gasteiger partial charge in [-0.25, -0.2) is 0 Å². The lowest BCUT2D eigenvalue weighted by molar-refractivity contribution is -0.355. The second kappa shape index (κ2) is 7.63. The van der Waals surface area contributed by atoms with Crippen LogP contribution in [0, 0.1) is 0 Å². The molecule has 2 rings (SSSR count). The first-order valence-electron chi connectivity index (χ1n) is 7.08. The zero-order valence-corrected chi connectivity index (χ0v) is 12.0. The molecule has 2 aliphatic rings. The highest BCUT2D eigenvalue weighted by Gasteiger charge is 2.50. The SMILES string of the molecule is OCC1O[C@H](O[C@@H]2C(CO)O[C@@H](O)C(O)[C@H]2O)[C@H](O)C(O)[C@H]1O. The molecule has 0 aliphatic carbocycles. The number of ether oxygens (including phenoxy) is 3. The van der Waals surface area contributed by atoms with E-state index < -0.39 is 74.6 Å². The molecule has 11 nitrogen and oxygen atoms in total. The molecule has 136 valence electrons. The van der Waals surface area contributed by atoms with Gasteiger partial charge in [-0.1, -0.05) is 0 Å². The molecule has 0 saturated carbocycles. The van der Waals surface area contributed by atoms with Gasteiger partial charge >= 0.3 is 0 Å². The van der Waals surface area contributed by atoms with E-state index in [0.717, 1.165) is 0 Å². The van der Waals surface area contributed by atoms with Gasteiger partial charge in [0.2, 0.25) is 0 Å². The molecule has 0 aromatic carbocycles. The summed E-state index contributed by atoms with van der Waals surface area (Å²) < 4.78 is 15.3. The maximum atomic E-state index is 9.94. The van der Waals surface area contributed by atoms with Gasteiger partial charge in [-0.05, 0) is 0 Å². The van der Waals surface area contributed by atoms with Crippen LogP contribution in [0.25, 0.3) is 0 Å². The Kier molecular flexibility index (Phi) is 6.27. The van der Waals surface area contributed by atoms with Crippen molar-refractivity contribution in [3.63, 3.8) is 0 Å². The van der Waals surface area contributed by atoms with E-state index >= 15 is 0 Å². The summed E-state index contributed by atoms with van der Waals surface area (Å²) in [5.41, 5.74) is 0. The molecule has 0 amide bonds. The van der Waals surface area contributed by atoms with Crippen molar-refractivity contribution in [2.24, 2.45) is 0 Å². The van der Waals surface area contributed by atoms with Crippen molar-refractivity contribution in [2.75, 3.05) is 13.2 Å². The third-order valence-corrected chi connectivity index (χ3v) is 3.98. The largest absolute Gasteiger partial charge is 0.394 e. The predicted octanol–water partition coefficient (Wildman–Crippen LogP) is -5.40. The molecule has 2 fully saturated rings. The minimum absolute atomic E-state index is 0.667. The lowest BCUT2D eigenvalue weighted by Gasteiger charge is -2.45. The van der Waals surface area contributed by atoms with Crippen LogP contribution in [0.5, 0.6) is 0 Å². The average Bonchev–Trinajstić information content (AvgIpc) is 2.55. The van der Waals surface area contributed by atoms with Gasteiger partial charge in [0.1, 0.15) is 48.8 Å². The lowest BCUT2D eigenvalue weighted by Crippen LogP contribution is -2.64. The van der Waals surface area contributed by atoms with Gasteiger partial charge in [-0.2, -0.15) is 0 Å². The van der Waals surface area contributed by atoms with E-state index in [1.54, 1.807) is 0 Å². The first-order valence-corrected chi connectivity index (χ1v) is 7.08. The monoisotopic (exact) mass is 342 g/mol. The van der Waals surface area contributed by atoms with Crippen LogP contribution >= 0.6 is 0 Å². The number of hydrogen-bond acceptors (Lipinski definition) is 11. The van der Waals surface area contributed by atoms with Crippen molar-refractivity contribution in [1.29, 1.82) is 0 Å². The fraction of sp³-hybridized carbons (Fsp3) is 1.00. The van der Waals surface area contributed by atoms with Gasteiger partial charge in [-0.15, -0.1) is 0 Å². The summed E-state index contributed by atoms with van der Waals surface area (Å²) in [5.74, 6) is 0. The third kappa shape index (κ3) is 3.65. The third-order valence-electron chi connectivity index (χ3n) is 3.98. The Morgan fingerprint density at radius 3 is 1.83 bits per heavy atom. The topological polar surface area (TPSA) is 190 Å². The van der Waals surface area contributed by atoms with Crippen LogP contribution in [0.2, 0.25) is 0 Å². The Labute approximate surface area is 130 Å². The van der Waals surface area contributed by atoms with Crippen molar-refractivity contribution in [1.82, 2.24) is 0 Å². The highest BCUT2D eigenvalue weighted by atomic mass is 16.7. The van der Waals surface area contributed by atoms with Crippen molar-refractivity contribution in [2.45, 2.75) is 61.4 Å². The van der Waals surface area contributed by atoms with E-state index in [1.807, 2.05) is 0 Å². The van der Waals surface area contributed by atoms with Crippen LogP contribution in [0.15, 0.2) is 0 Å². The molecule has 4 unspecified atom stereocenters. The highest BCUT2D eigenvalue weighted by molar-refractivity contribution is 4.93. The van der Waals surface area contributed by atoms with Crippen LogP contribution < -0.4 is 0 Å². The van der Waals surface area contributed by atoms with Crippen LogP contribution in [0.3, 0.4) is 0 Å². The first kappa shape index (κ1) is 18.9. The van der Waals surface area contributed by atoms with Crippen molar-refractivity contribution >= 4 is 0 Å². The van der Waals surface area contributed by atoms with Crippen LogP contribution in [0.1, 0.15) is 0 Å². The molecule has 0 bridgehead atoms. The minimum atomic E-state index is -1.74.